The van der Waals surface area contributed by atoms with Gasteiger partial charge >= 0.3 is 0 Å². The van der Waals surface area contributed by atoms with Crippen LogP contribution in [0.25, 0.3) is 0 Å². The highest BCUT2D eigenvalue weighted by Crippen LogP contribution is 2.11. The van der Waals surface area contributed by atoms with Crippen molar-refractivity contribution < 1.29 is 9.59 Å². The second kappa shape index (κ2) is 7.59. The van der Waals surface area contributed by atoms with Gasteiger partial charge in [-0.2, -0.15) is 0 Å². The van der Waals surface area contributed by atoms with Crippen molar-refractivity contribution in [2.45, 2.75) is 6.42 Å². The molecule has 21 heavy (non-hydrogen) atoms. The van der Waals surface area contributed by atoms with Gasteiger partial charge in [0.05, 0.1) is 13.0 Å². The first-order valence-electron chi connectivity index (χ1n) is 6.49. The summed E-state index contributed by atoms with van der Waals surface area (Å²) in [5, 5.41) is 5.31. The summed E-state index contributed by atoms with van der Waals surface area (Å²) in [6, 6.07) is 16.6. The van der Waals surface area contributed by atoms with E-state index in [9.17, 15) is 9.59 Å². The zero-order valence-corrected chi connectivity index (χ0v) is 12.9. The van der Waals surface area contributed by atoms with E-state index in [4.69, 9.17) is 0 Å². The highest BCUT2D eigenvalue weighted by molar-refractivity contribution is 9.10. The van der Waals surface area contributed by atoms with Crippen molar-refractivity contribution >= 4 is 33.4 Å². The van der Waals surface area contributed by atoms with Crippen LogP contribution in [0.2, 0.25) is 0 Å². The van der Waals surface area contributed by atoms with Gasteiger partial charge in [0.25, 0.3) is 0 Å². The van der Waals surface area contributed by atoms with Crippen molar-refractivity contribution in [3.63, 3.8) is 0 Å². The Morgan fingerprint density at radius 1 is 0.952 bits per heavy atom. The molecule has 0 radical (unpaired) electrons. The summed E-state index contributed by atoms with van der Waals surface area (Å²) < 4.78 is 0.926. The third kappa shape index (κ3) is 5.39. The van der Waals surface area contributed by atoms with E-state index in [0.29, 0.717) is 5.69 Å². The lowest BCUT2D eigenvalue weighted by atomic mass is 10.1. The maximum atomic E-state index is 11.8. The summed E-state index contributed by atoms with van der Waals surface area (Å²) >= 11 is 3.36. The van der Waals surface area contributed by atoms with Gasteiger partial charge in [-0.15, -0.1) is 0 Å². The minimum absolute atomic E-state index is 0.0399. The second-order valence-corrected chi connectivity index (χ2v) is 5.41. The first-order chi connectivity index (χ1) is 10.1. The van der Waals surface area contributed by atoms with E-state index in [1.54, 1.807) is 12.1 Å². The van der Waals surface area contributed by atoms with Crippen molar-refractivity contribution in [2.75, 3.05) is 11.9 Å². The summed E-state index contributed by atoms with van der Waals surface area (Å²) in [6.45, 7) is -0.0399. The lowest BCUT2D eigenvalue weighted by Gasteiger charge is -2.07. The summed E-state index contributed by atoms with van der Waals surface area (Å²) in [4.78, 5) is 23.5. The fraction of sp³-hybridized carbons (Fsp3) is 0.125. The number of rotatable bonds is 5. The molecule has 0 unspecified atom stereocenters. The maximum absolute atomic E-state index is 11.8. The summed E-state index contributed by atoms with van der Waals surface area (Å²) in [6.07, 6.45) is 0.248. The zero-order valence-electron chi connectivity index (χ0n) is 11.3. The number of nitrogens with one attached hydrogen (secondary N) is 2. The minimum Gasteiger partial charge on any atom is -0.347 e. The van der Waals surface area contributed by atoms with Gasteiger partial charge in [0.1, 0.15) is 0 Å². The molecule has 0 saturated heterocycles. The van der Waals surface area contributed by atoms with Crippen LogP contribution in [0.1, 0.15) is 5.56 Å². The Bertz CT molecular complexity index is 629. The third-order valence-electron chi connectivity index (χ3n) is 2.76. The molecule has 0 aliphatic carbocycles. The Balaban J connectivity index is 1.77. The standard InChI is InChI=1S/C16H15BrN2O2/c17-13-6-4-5-12(9-13)10-15(20)18-11-16(21)19-14-7-2-1-3-8-14/h1-9H,10-11H2,(H,18,20)(H,19,21). The predicted octanol–water partition coefficient (Wildman–Crippen LogP) is 2.75. The zero-order chi connectivity index (χ0) is 15.1. The van der Waals surface area contributed by atoms with E-state index < -0.39 is 0 Å². The van der Waals surface area contributed by atoms with E-state index in [0.717, 1.165) is 10.0 Å². The highest BCUT2D eigenvalue weighted by atomic mass is 79.9. The molecule has 0 aliphatic heterocycles. The van der Waals surface area contributed by atoms with Gasteiger partial charge < -0.3 is 10.6 Å². The van der Waals surface area contributed by atoms with Crippen molar-refractivity contribution in [1.82, 2.24) is 5.32 Å². The normalized spacial score (nSPS) is 9.95. The molecule has 0 spiro atoms. The molecule has 2 N–H and O–H groups in total. The fourth-order valence-electron chi connectivity index (χ4n) is 1.80. The number of halogens is 1. The Kier molecular flexibility index (Phi) is 5.51. The lowest BCUT2D eigenvalue weighted by Crippen LogP contribution is -2.33. The molecule has 0 aliphatic rings. The first kappa shape index (κ1) is 15.3. The quantitative estimate of drug-likeness (QED) is 0.874. The van der Waals surface area contributed by atoms with E-state index >= 15 is 0 Å². The molecule has 2 amide bonds. The van der Waals surface area contributed by atoms with Gasteiger partial charge in [-0.3, -0.25) is 9.59 Å². The average molecular weight is 347 g/mol. The molecular weight excluding hydrogens is 332 g/mol. The van der Waals surface area contributed by atoms with Gasteiger partial charge in [-0.05, 0) is 29.8 Å². The van der Waals surface area contributed by atoms with Gasteiger partial charge in [0.2, 0.25) is 11.8 Å². The molecule has 0 bridgehead atoms. The predicted molar refractivity (Wildman–Crippen MR) is 85.9 cm³/mol. The van der Waals surface area contributed by atoms with Crippen LogP contribution in [0.5, 0.6) is 0 Å². The summed E-state index contributed by atoms with van der Waals surface area (Å²) in [5.41, 5.74) is 1.61. The molecule has 2 rings (SSSR count). The molecule has 0 fully saturated rings. The molecule has 0 aromatic heterocycles. The van der Waals surface area contributed by atoms with E-state index in [1.807, 2.05) is 42.5 Å². The van der Waals surface area contributed by atoms with Crippen LogP contribution in [-0.2, 0) is 16.0 Å². The molecule has 0 saturated carbocycles. The number of carbonyl (C=O) groups is 2. The highest BCUT2D eigenvalue weighted by Gasteiger charge is 2.07. The van der Waals surface area contributed by atoms with Gasteiger partial charge in [-0.1, -0.05) is 46.3 Å². The Morgan fingerprint density at radius 2 is 1.71 bits per heavy atom. The number of carbonyl (C=O) groups excluding carboxylic acids is 2. The lowest BCUT2D eigenvalue weighted by molar-refractivity contribution is -0.123. The van der Waals surface area contributed by atoms with Crippen LogP contribution in [0.3, 0.4) is 0 Å². The summed E-state index contributed by atoms with van der Waals surface area (Å²) in [7, 11) is 0. The van der Waals surface area contributed by atoms with Gasteiger partial charge in [0.15, 0.2) is 0 Å². The third-order valence-corrected chi connectivity index (χ3v) is 3.25. The molecular formula is C16H15BrN2O2. The van der Waals surface area contributed by atoms with Crippen LogP contribution in [0, 0.1) is 0 Å². The topological polar surface area (TPSA) is 58.2 Å². The Hall–Kier alpha value is -2.14. The molecule has 108 valence electrons. The minimum atomic E-state index is -0.246. The molecule has 0 atom stereocenters. The Labute approximate surface area is 131 Å². The summed E-state index contributed by atoms with van der Waals surface area (Å²) in [5.74, 6) is -0.430. The average Bonchev–Trinajstić information content (AvgIpc) is 2.46. The monoisotopic (exact) mass is 346 g/mol. The van der Waals surface area contributed by atoms with Crippen molar-refractivity contribution in [3.05, 3.63) is 64.6 Å². The van der Waals surface area contributed by atoms with Crippen molar-refractivity contribution in [1.29, 1.82) is 0 Å². The first-order valence-corrected chi connectivity index (χ1v) is 7.29. The van der Waals surface area contributed by atoms with Crippen LogP contribution in [0.15, 0.2) is 59.1 Å². The largest absolute Gasteiger partial charge is 0.347 e. The van der Waals surface area contributed by atoms with Crippen molar-refractivity contribution in [2.24, 2.45) is 0 Å². The fourth-order valence-corrected chi connectivity index (χ4v) is 2.25. The van der Waals surface area contributed by atoms with Crippen LogP contribution in [-0.4, -0.2) is 18.4 Å². The molecule has 0 heterocycles. The molecule has 2 aromatic rings. The SMILES string of the molecule is O=C(Cc1cccc(Br)c1)NCC(=O)Nc1ccccc1. The maximum Gasteiger partial charge on any atom is 0.243 e. The molecule has 5 heteroatoms. The van der Waals surface area contributed by atoms with Crippen LogP contribution in [0.4, 0.5) is 5.69 Å². The Morgan fingerprint density at radius 3 is 2.43 bits per heavy atom. The number of benzene rings is 2. The van der Waals surface area contributed by atoms with E-state index in [1.165, 1.54) is 0 Å². The number of anilines is 1. The second-order valence-electron chi connectivity index (χ2n) is 4.50. The van der Waals surface area contributed by atoms with Gasteiger partial charge in [-0.25, -0.2) is 0 Å². The number of hydrogen-bond acceptors (Lipinski definition) is 2. The smallest absolute Gasteiger partial charge is 0.243 e. The molecule has 2 aromatic carbocycles. The molecule has 4 nitrogen and oxygen atoms in total. The van der Waals surface area contributed by atoms with Crippen molar-refractivity contribution in [3.8, 4) is 0 Å². The number of hydrogen-bond donors (Lipinski definition) is 2. The van der Waals surface area contributed by atoms with Gasteiger partial charge in [0, 0.05) is 10.2 Å². The van der Waals surface area contributed by atoms with E-state index in [-0.39, 0.29) is 24.8 Å². The number of amides is 2. The van der Waals surface area contributed by atoms with Crippen LogP contribution >= 0.6 is 15.9 Å². The number of para-hydroxylation sites is 1. The van der Waals surface area contributed by atoms with Crippen LogP contribution < -0.4 is 10.6 Å². The van der Waals surface area contributed by atoms with E-state index in [2.05, 4.69) is 26.6 Å².